The zero-order valence-corrected chi connectivity index (χ0v) is 10.9. The first kappa shape index (κ1) is 13.6. The maximum Gasteiger partial charge on any atom is 0.0986 e. The Morgan fingerprint density at radius 3 is 2.43 bits per heavy atom. The second kappa shape index (κ2) is 6.98. The quantitative estimate of drug-likeness (QED) is 0.366. The summed E-state index contributed by atoms with van der Waals surface area (Å²) in [5, 5.41) is 0. The van der Waals surface area contributed by atoms with Crippen LogP contribution in [-0.4, -0.2) is 39.5 Å². The lowest BCUT2D eigenvalue weighted by Gasteiger charge is -2.26. The molecular formula is C11H23NOSi. The van der Waals surface area contributed by atoms with Crippen LogP contribution in [0.15, 0.2) is 24.8 Å². The van der Waals surface area contributed by atoms with Crippen LogP contribution in [0.2, 0.25) is 19.6 Å². The molecule has 0 amide bonds. The van der Waals surface area contributed by atoms with Gasteiger partial charge < -0.3 is 4.74 Å². The van der Waals surface area contributed by atoms with Gasteiger partial charge in [-0.25, -0.2) is 0 Å². The molecule has 0 saturated heterocycles. The molecule has 2 nitrogen and oxygen atoms in total. The Morgan fingerprint density at radius 1 is 1.36 bits per heavy atom. The zero-order chi connectivity index (χ0) is 11.0. The molecule has 0 aliphatic heterocycles. The van der Waals surface area contributed by atoms with Crippen molar-refractivity contribution in [2.45, 2.75) is 19.6 Å². The van der Waals surface area contributed by atoms with Gasteiger partial charge in [-0.3, -0.25) is 4.90 Å². The van der Waals surface area contributed by atoms with E-state index in [2.05, 4.69) is 37.2 Å². The van der Waals surface area contributed by atoms with Gasteiger partial charge in [-0.05, 0) is 6.17 Å². The lowest BCUT2D eigenvalue weighted by atomic mass is 10.4. The highest BCUT2D eigenvalue weighted by molar-refractivity contribution is 6.76. The van der Waals surface area contributed by atoms with Crippen LogP contribution < -0.4 is 0 Å². The van der Waals surface area contributed by atoms with E-state index < -0.39 is 8.07 Å². The maximum absolute atomic E-state index is 5.17. The fraction of sp³-hybridized carbons (Fsp3) is 0.636. The van der Waals surface area contributed by atoms with Crippen molar-refractivity contribution < 1.29 is 4.74 Å². The molecule has 0 fully saturated rings. The van der Waals surface area contributed by atoms with Gasteiger partial charge in [-0.2, -0.15) is 0 Å². The molecule has 0 aromatic heterocycles. The van der Waals surface area contributed by atoms with Gasteiger partial charge >= 0.3 is 0 Å². The summed E-state index contributed by atoms with van der Waals surface area (Å²) in [6.45, 7) is 12.4. The smallest absolute Gasteiger partial charge is 0.0986 e. The molecule has 0 radical (unpaired) electrons. The Morgan fingerprint density at radius 2 is 2.00 bits per heavy atom. The molecule has 0 atom stereocenters. The summed E-state index contributed by atoms with van der Waals surface area (Å²) in [7, 11) is 0.713. The van der Waals surface area contributed by atoms with Crippen molar-refractivity contribution in [3.05, 3.63) is 24.8 Å². The van der Waals surface area contributed by atoms with Crippen molar-refractivity contribution in [3.8, 4) is 0 Å². The number of rotatable bonds is 7. The van der Waals surface area contributed by atoms with E-state index in [1.165, 1.54) is 6.17 Å². The molecule has 0 unspecified atom stereocenters. The lowest BCUT2D eigenvalue weighted by Crippen LogP contribution is -2.41. The van der Waals surface area contributed by atoms with E-state index in [1.807, 2.05) is 6.08 Å². The average Bonchev–Trinajstić information content (AvgIpc) is 2.02. The minimum absolute atomic E-state index is 0.714. The number of allylic oxidation sites excluding steroid dienone is 2. The van der Waals surface area contributed by atoms with Crippen LogP contribution >= 0.6 is 0 Å². The third-order valence-corrected chi connectivity index (χ3v) is 3.04. The Balaban J connectivity index is 4.01. The minimum Gasteiger partial charge on any atom is -0.369 e. The molecule has 0 N–H and O–H groups in total. The Labute approximate surface area is 89.3 Å². The van der Waals surface area contributed by atoms with Gasteiger partial charge in [0.1, 0.15) is 0 Å². The van der Waals surface area contributed by atoms with Crippen molar-refractivity contribution in [1.82, 2.24) is 4.90 Å². The van der Waals surface area contributed by atoms with Crippen LogP contribution in [0.1, 0.15) is 0 Å². The second-order valence-corrected chi connectivity index (χ2v) is 10.1. The van der Waals surface area contributed by atoms with E-state index in [-0.39, 0.29) is 0 Å². The number of hydrogen-bond donors (Lipinski definition) is 0. The van der Waals surface area contributed by atoms with Crippen molar-refractivity contribution >= 4 is 8.07 Å². The maximum atomic E-state index is 5.17. The number of ether oxygens (including phenoxy) is 1. The summed E-state index contributed by atoms with van der Waals surface area (Å²) in [6, 6.07) is 0. The number of methoxy groups -OCH3 is 1. The first-order valence-electron chi connectivity index (χ1n) is 4.98. The molecule has 14 heavy (non-hydrogen) atoms. The molecule has 0 saturated carbocycles. The average molecular weight is 213 g/mol. The minimum atomic E-state index is -1.03. The van der Waals surface area contributed by atoms with Crippen LogP contribution in [0.3, 0.4) is 0 Å². The molecule has 0 aromatic rings. The first-order valence-corrected chi connectivity index (χ1v) is 8.69. The highest BCUT2D eigenvalue weighted by Gasteiger charge is 2.17. The zero-order valence-electron chi connectivity index (χ0n) is 9.92. The summed E-state index contributed by atoms with van der Waals surface area (Å²) >= 11 is 0. The molecule has 0 spiro atoms. The molecule has 0 aliphatic rings. The van der Waals surface area contributed by atoms with Crippen molar-refractivity contribution in [2.75, 3.05) is 26.6 Å². The van der Waals surface area contributed by atoms with E-state index in [1.54, 1.807) is 13.2 Å². The van der Waals surface area contributed by atoms with Crippen LogP contribution in [0.5, 0.6) is 0 Å². The molecule has 0 bridgehead atoms. The molecule has 0 aliphatic carbocycles. The van der Waals surface area contributed by atoms with Crippen molar-refractivity contribution in [2.24, 2.45) is 0 Å². The van der Waals surface area contributed by atoms with Gasteiger partial charge in [-0.1, -0.05) is 44.4 Å². The first-order chi connectivity index (χ1) is 6.49. The van der Waals surface area contributed by atoms with Gasteiger partial charge in [-0.15, -0.1) is 0 Å². The molecule has 82 valence electrons. The van der Waals surface area contributed by atoms with Gasteiger partial charge in [0.05, 0.1) is 14.8 Å². The Bertz CT molecular complexity index is 184. The van der Waals surface area contributed by atoms with E-state index in [0.717, 1.165) is 6.54 Å². The van der Waals surface area contributed by atoms with Crippen molar-refractivity contribution in [3.63, 3.8) is 0 Å². The topological polar surface area (TPSA) is 12.5 Å². The molecule has 0 aromatic carbocycles. The molecule has 0 heterocycles. The van der Waals surface area contributed by atoms with Crippen LogP contribution in [0, 0.1) is 0 Å². The van der Waals surface area contributed by atoms with Gasteiger partial charge in [0.15, 0.2) is 0 Å². The van der Waals surface area contributed by atoms with E-state index >= 15 is 0 Å². The van der Waals surface area contributed by atoms with Crippen molar-refractivity contribution in [1.29, 1.82) is 0 Å². The lowest BCUT2D eigenvalue weighted by molar-refractivity contribution is 0.0828. The summed E-state index contributed by atoms with van der Waals surface area (Å²) < 4.78 is 5.17. The third kappa shape index (κ3) is 8.23. The monoisotopic (exact) mass is 213 g/mol. The molecule has 3 heteroatoms. The molecule has 0 rings (SSSR count). The molecular weight excluding hydrogens is 190 g/mol. The Kier molecular flexibility index (Phi) is 6.79. The van der Waals surface area contributed by atoms with Gasteiger partial charge in [0, 0.05) is 13.7 Å². The predicted octanol–water partition coefficient (Wildman–Crippen LogP) is 2.51. The van der Waals surface area contributed by atoms with E-state index in [9.17, 15) is 0 Å². The normalized spacial score (nSPS) is 12.6. The predicted molar refractivity (Wildman–Crippen MR) is 66.1 cm³/mol. The SMILES string of the molecule is C=C/C=C\CN(COC)C[Si](C)(C)C. The fourth-order valence-electron chi connectivity index (χ4n) is 1.32. The summed E-state index contributed by atoms with van der Waals surface area (Å²) in [5.41, 5.74) is 0. The summed E-state index contributed by atoms with van der Waals surface area (Å²) in [6.07, 6.45) is 7.07. The van der Waals surface area contributed by atoms with Crippen LogP contribution in [0.25, 0.3) is 0 Å². The third-order valence-electron chi connectivity index (χ3n) is 1.65. The summed E-state index contributed by atoms with van der Waals surface area (Å²) in [4.78, 5) is 2.33. The largest absolute Gasteiger partial charge is 0.369 e. The van der Waals surface area contributed by atoms with Gasteiger partial charge in [0.25, 0.3) is 0 Å². The fourth-order valence-corrected chi connectivity index (χ4v) is 2.88. The van der Waals surface area contributed by atoms with Gasteiger partial charge in [0.2, 0.25) is 0 Å². The standard InChI is InChI=1S/C11H23NOSi/c1-6-7-8-9-12(10-13-2)11-14(3,4)5/h6-8H,1,9-11H2,2-5H3/b8-7-. The Hall–Kier alpha value is -0.383. The van der Waals surface area contributed by atoms with E-state index in [0.29, 0.717) is 6.73 Å². The van der Waals surface area contributed by atoms with Crippen LogP contribution in [0.4, 0.5) is 0 Å². The highest BCUT2D eigenvalue weighted by Crippen LogP contribution is 2.04. The number of nitrogens with zero attached hydrogens (tertiary/aromatic N) is 1. The highest BCUT2D eigenvalue weighted by atomic mass is 28.3. The van der Waals surface area contributed by atoms with E-state index in [4.69, 9.17) is 4.74 Å². The number of hydrogen-bond acceptors (Lipinski definition) is 2. The van der Waals surface area contributed by atoms with Crippen LogP contribution in [-0.2, 0) is 4.74 Å². The summed E-state index contributed by atoms with van der Waals surface area (Å²) in [5.74, 6) is 0. The second-order valence-electron chi connectivity index (χ2n) is 4.65.